The summed E-state index contributed by atoms with van der Waals surface area (Å²) in [6, 6.07) is 3.41. The average Bonchev–Trinajstić information content (AvgIpc) is 3.27. The Labute approximate surface area is 182 Å². The summed E-state index contributed by atoms with van der Waals surface area (Å²) in [5.41, 5.74) is -1.67. The van der Waals surface area contributed by atoms with Crippen LogP contribution in [0.15, 0.2) is 17.5 Å². The number of hydrogen-bond acceptors (Lipinski definition) is 8. The van der Waals surface area contributed by atoms with Gasteiger partial charge < -0.3 is 14.2 Å². The van der Waals surface area contributed by atoms with Crippen molar-refractivity contribution in [2.45, 2.75) is 77.7 Å². The zero-order valence-electron chi connectivity index (χ0n) is 18.8. The van der Waals surface area contributed by atoms with Crippen molar-refractivity contribution < 1.29 is 28.6 Å². The van der Waals surface area contributed by atoms with Gasteiger partial charge in [-0.3, -0.25) is 14.9 Å². The highest BCUT2D eigenvalue weighted by Gasteiger charge is 2.55. The van der Waals surface area contributed by atoms with E-state index in [2.05, 4.69) is 10.1 Å². The van der Waals surface area contributed by atoms with E-state index in [0.29, 0.717) is 6.42 Å². The Morgan fingerprint density at radius 3 is 2.43 bits per heavy atom. The molecule has 4 atom stereocenters. The highest BCUT2D eigenvalue weighted by Crippen LogP contribution is 2.44. The van der Waals surface area contributed by atoms with E-state index in [-0.39, 0.29) is 18.3 Å². The van der Waals surface area contributed by atoms with Crippen LogP contribution in [0.3, 0.4) is 0 Å². The van der Waals surface area contributed by atoms with Gasteiger partial charge in [0.1, 0.15) is 11.1 Å². The number of carbonyl (C=O) groups excluding carboxylic acids is 3. The number of hydrogen-bond donors (Lipinski definition) is 1. The average molecular weight is 440 g/mol. The minimum atomic E-state index is -1.02. The van der Waals surface area contributed by atoms with Gasteiger partial charge in [0.05, 0.1) is 19.1 Å². The zero-order chi connectivity index (χ0) is 22.7. The van der Waals surface area contributed by atoms with Gasteiger partial charge >= 0.3 is 17.9 Å². The maximum absolute atomic E-state index is 13.3. The third kappa shape index (κ3) is 5.82. The van der Waals surface area contributed by atoms with E-state index < -0.39 is 41.1 Å². The van der Waals surface area contributed by atoms with Crippen molar-refractivity contribution in [2.24, 2.45) is 11.8 Å². The van der Waals surface area contributed by atoms with Crippen LogP contribution in [0.5, 0.6) is 0 Å². The second-order valence-corrected chi connectivity index (χ2v) is 10.2. The van der Waals surface area contributed by atoms with E-state index >= 15 is 0 Å². The zero-order valence-corrected chi connectivity index (χ0v) is 19.6. The minimum Gasteiger partial charge on any atom is -0.466 e. The molecular weight excluding hydrogens is 406 g/mol. The first kappa shape index (κ1) is 24.3. The largest absolute Gasteiger partial charge is 0.466 e. The molecule has 30 heavy (non-hydrogen) atoms. The van der Waals surface area contributed by atoms with Crippen molar-refractivity contribution in [1.82, 2.24) is 5.32 Å². The summed E-state index contributed by atoms with van der Waals surface area (Å²) in [6.45, 7) is 11.0. The molecule has 1 aromatic heterocycles. The van der Waals surface area contributed by atoms with Crippen molar-refractivity contribution in [3.8, 4) is 0 Å². The highest BCUT2D eigenvalue weighted by atomic mass is 32.1. The van der Waals surface area contributed by atoms with E-state index in [1.807, 2.05) is 52.1 Å². The summed E-state index contributed by atoms with van der Waals surface area (Å²) in [5, 5.41) is 5.35. The predicted molar refractivity (Wildman–Crippen MR) is 114 cm³/mol. The van der Waals surface area contributed by atoms with Crippen LogP contribution in [0.2, 0.25) is 0 Å². The summed E-state index contributed by atoms with van der Waals surface area (Å²) in [4.78, 5) is 39.0. The maximum atomic E-state index is 13.3. The van der Waals surface area contributed by atoms with Crippen molar-refractivity contribution in [3.05, 3.63) is 22.4 Å². The molecule has 0 spiro atoms. The smallest absolute Gasteiger partial charge is 0.346 e. The van der Waals surface area contributed by atoms with E-state index in [1.54, 1.807) is 0 Å². The molecule has 1 aromatic rings. The monoisotopic (exact) mass is 439 g/mol. The highest BCUT2D eigenvalue weighted by molar-refractivity contribution is 7.10. The number of nitrogens with one attached hydrogen (secondary N) is 1. The summed E-state index contributed by atoms with van der Waals surface area (Å²) in [5.74, 6) is -1.98. The van der Waals surface area contributed by atoms with Gasteiger partial charge in [0.15, 0.2) is 6.10 Å². The Bertz CT molecular complexity index is 754. The molecule has 0 aromatic carbocycles. The molecule has 1 aliphatic rings. The quantitative estimate of drug-likeness (QED) is 0.512. The fraction of sp³-hybridized carbons (Fsp3) is 0.682. The van der Waals surface area contributed by atoms with Gasteiger partial charge in [0.2, 0.25) is 0 Å². The van der Waals surface area contributed by atoms with E-state index in [1.165, 1.54) is 25.4 Å². The van der Waals surface area contributed by atoms with Crippen LogP contribution in [0, 0.1) is 11.8 Å². The van der Waals surface area contributed by atoms with Crippen LogP contribution in [0.4, 0.5) is 0 Å². The van der Waals surface area contributed by atoms with Gasteiger partial charge in [-0.05, 0) is 57.9 Å². The number of methoxy groups -OCH3 is 1. The number of ether oxygens (including phenoxy) is 3. The Balaban J connectivity index is 2.38. The summed E-state index contributed by atoms with van der Waals surface area (Å²) >= 11 is 1.50. The SMILES string of the molecule is COC(=O)[C@H](C)OC(=O)[C@@H]1C[C@](CC(C)C)(C(=O)OC(C)(C)C)N[C@@H]1c1cccs1. The summed E-state index contributed by atoms with van der Waals surface area (Å²) in [6.07, 6.45) is -0.275. The molecule has 1 saturated heterocycles. The van der Waals surface area contributed by atoms with Crippen molar-refractivity contribution >= 4 is 29.2 Å². The third-order valence-electron chi connectivity index (χ3n) is 4.93. The molecule has 2 heterocycles. The Kier molecular flexibility index (Phi) is 7.69. The topological polar surface area (TPSA) is 90.9 Å². The molecule has 0 amide bonds. The lowest BCUT2D eigenvalue weighted by Gasteiger charge is -2.33. The molecular formula is C22H33NO6S. The molecule has 1 N–H and O–H groups in total. The molecule has 0 radical (unpaired) electrons. The molecule has 8 heteroatoms. The van der Waals surface area contributed by atoms with Crippen molar-refractivity contribution in [1.29, 1.82) is 0 Å². The van der Waals surface area contributed by atoms with Crippen molar-refractivity contribution in [2.75, 3.05) is 7.11 Å². The van der Waals surface area contributed by atoms with Crippen LogP contribution in [0.1, 0.15) is 65.3 Å². The standard InChI is InChI=1S/C22H33NO6S/c1-13(2)11-22(20(26)29-21(4,5)6)12-15(17(23-22)16-9-8-10-30-16)19(25)28-14(3)18(24)27-7/h8-10,13-15,17,23H,11-12H2,1-7H3/t14-,15+,17-,22+/m0/s1. The maximum Gasteiger partial charge on any atom is 0.346 e. The molecule has 0 bridgehead atoms. The van der Waals surface area contributed by atoms with Crippen LogP contribution >= 0.6 is 11.3 Å². The van der Waals surface area contributed by atoms with Crippen LogP contribution in [0.25, 0.3) is 0 Å². The first-order valence-electron chi connectivity index (χ1n) is 10.2. The molecule has 0 unspecified atom stereocenters. The Hall–Kier alpha value is -1.93. The fourth-order valence-corrected chi connectivity index (χ4v) is 4.66. The first-order chi connectivity index (χ1) is 13.9. The van der Waals surface area contributed by atoms with Crippen LogP contribution in [-0.4, -0.2) is 42.3 Å². The minimum absolute atomic E-state index is 0.192. The molecule has 1 aliphatic heterocycles. The normalized spacial score (nSPS) is 25.1. The van der Waals surface area contributed by atoms with E-state index in [4.69, 9.17) is 9.47 Å². The molecule has 0 saturated carbocycles. The van der Waals surface area contributed by atoms with Gasteiger partial charge in [0.25, 0.3) is 0 Å². The van der Waals surface area contributed by atoms with E-state index in [9.17, 15) is 14.4 Å². The van der Waals surface area contributed by atoms with Gasteiger partial charge in [0, 0.05) is 4.88 Å². The van der Waals surface area contributed by atoms with Gasteiger partial charge in [-0.25, -0.2) is 4.79 Å². The van der Waals surface area contributed by atoms with Gasteiger partial charge in [-0.2, -0.15) is 0 Å². The predicted octanol–water partition coefficient (Wildman–Crippen LogP) is 3.63. The fourth-order valence-electron chi connectivity index (χ4n) is 3.82. The Morgan fingerprint density at radius 2 is 1.93 bits per heavy atom. The first-order valence-corrected chi connectivity index (χ1v) is 11.1. The molecule has 1 fully saturated rings. The molecule has 2 rings (SSSR count). The van der Waals surface area contributed by atoms with Gasteiger partial charge in [-0.15, -0.1) is 11.3 Å². The summed E-state index contributed by atoms with van der Waals surface area (Å²) in [7, 11) is 1.24. The second-order valence-electron chi connectivity index (χ2n) is 9.23. The van der Waals surface area contributed by atoms with E-state index in [0.717, 1.165) is 4.88 Å². The third-order valence-corrected chi connectivity index (χ3v) is 5.88. The van der Waals surface area contributed by atoms with Crippen molar-refractivity contribution in [3.63, 3.8) is 0 Å². The molecule has 7 nitrogen and oxygen atoms in total. The lowest BCUT2D eigenvalue weighted by atomic mass is 9.84. The lowest BCUT2D eigenvalue weighted by Crippen LogP contribution is -2.51. The number of esters is 3. The second kappa shape index (κ2) is 9.47. The lowest BCUT2D eigenvalue weighted by molar-refractivity contribution is -0.168. The molecule has 0 aliphatic carbocycles. The number of carbonyl (C=O) groups is 3. The van der Waals surface area contributed by atoms with Gasteiger partial charge in [-0.1, -0.05) is 19.9 Å². The Morgan fingerprint density at radius 1 is 1.27 bits per heavy atom. The van der Waals surface area contributed by atoms with Crippen LogP contribution in [-0.2, 0) is 28.6 Å². The number of rotatable bonds is 7. The molecule has 168 valence electrons. The van der Waals surface area contributed by atoms with Crippen LogP contribution < -0.4 is 5.32 Å². The summed E-state index contributed by atoms with van der Waals surface area (Å²) < 4.78 is 15.8. The number of thiophene rings is 1.